The molecule has 0 spiro atoms. The Bertz CT molecular complexity index is 955. The van der Waals surface area contributed by atoms with Crippen LogP contribution in [0.1, 0.15) is 16.7 Å². The molecule has 2 aromatic rings. The number of hydrogen-bond acceptors (Lipinski definition) is 4. The summed E-state index contributed by atoms with van der Waals surface area (Å²) in [5, 5.41) is 0. The van der Waals surface area contributed by atoms with E-state index in [2.05, 4.69) is 19.1 Å². The second kappa shape index (κ2) is 8.04. The summed E-state index contributed by atoms with van der Waals surface area (Å²) >= 11 is 1.61. The Morgan fingerprint density at radius 2 is 1.93 bits per heavy atom. The molecule has 5 nitrogen and oxygen atoms in total. The topological polar surface area (TPSA) is 57.7 Å². The molecule has 0 saturated heterocycles. The van der Waals surface area contributed by atoms with Gasteiger partial charge in [-0.3, -0.25) is 4.79 Å². The van der Waals surface area contributed by atoms with Crippen LogP contribution in [0.4, 0.5) is 5.69 Å². The Morgan fingerprint density at radius 1 is 1.19 bits per heavy atom. The predicted molar refractivity (Wildman–Crippen MR) is 111 cm³/mol. The van der Waals surface area contributed by atoms with E-state index in [-0.39, 0.29) is 10.8 Å². The number of hydrogen-bond donors (Lipinski definition) is 0. The van der Waals surface area contributed by atoms with E-state index in [1.54, 1.807) is 34.9 Å². The number of carbonyl (C=O) groups is 1. The Kier molecular flexibility index (Phi) is 5.93. The van der Waals surface area contributed by atoms with Gasteiger partial charge >= 0.3 is 0 Å². The number of nitrogens with zero attached hydrogens (tertiary/aromatic N) is 2. The molecule has 1 amide bonds. The minimum absolute atomic E-state index is 0.0653. The maximum absolute atomic E-state index is 12.7. The summed E-state index contributed by atoms with van der Waals surface area (Å²) in [7, 11) is -0.423. The van der Waals surface area contributed by atoms with Crippen molar-refractivity contribution in [3.05, 3.63) is 59.2 Å². The Morgan fingerprint density at radius 3 is 2.63 bits per heavy atom. The molecule has 0 saturated carbocycles. The maximum Gasteiger partial charge on any atom is 0.242 e. The zero-order chi connectivity index (χ0) is 19.6. The average molecular weight is 405 g/mol. The highest BCUT2D eigenvalue weighted by atomic mass is 32.2. The normalized spacial score (nSPS) is 13.9. The lowest BCUT2D eigenvalue weighted by Gasteiger charge is -2.18. The second-order valence-electron chi connectivity index (χ2n) is 6.79. The molecule has 0 N–H and O–H groups in total. The fraction of sp³-hybridized carbons (Fsp3) is 0.350. The van der Waals surface area contributed by atoms with Gasteiger partial charge in [0.05, 0.1) is 10.6 Å². The van der Waals surface area contributed by atoms with Crippen molar-refractivity contribution in [3.63, 3.8) is 0 Å². The quantitative estimate of drug-likeness (QED) is 0.742. The highest BCUT2D eigenvalue weighted by molar-refractivity contribution is 7.99. The summed E-state index contributed by atoms with van der Waals surface area (Å²) in [6, 6.07) is 13.2. The summed E-state index contributed by atoms with van der Waals surface area (Å²) < 4.78 is 25.8. The maximum atomic E-state index is 12.7. The van der Waals surface area contributed by atoms with E-state index in [0.29, 0.717) is 18.7 Å². The molecule has 2 aromatic carbocycles. The summed E-state index contributed by atoms with van der Waals surface area (Å²) in [4.78, 5) is 14.7. The summed E-state index contributed by atoms with van der Waals surface area (Å²) in [6.07, 6.45) is 0.681. The van der Waals surface area contributed by atoms with E-state index >= 15 is 0 Å². The first-order chi connectivity index (χ1) is 12.8. The van der Waals surface area contributed by atoms with Gasteiger partial charge < -0.3 is 4.90 Å². The summed E-state index contributed by atoms with van der Waals surface area (Å²) in [6.45, 7) is 2.68. The fourth-order valence-electron chi connectivity index (χ4n) is 3.11. The molecule has 1 aliphatic rings. The van der Waals surface area contributed by atoms with E-state index in [4.69, 9.17) is 0 Å². The highest BCUT2D eigenvalue weighted by Gasteiger charge is 2.27. The molecule has 27 heavy (non-hydrogen) atoms. The van der Waals surface area contributed by atoms with Gasteiger partial charge in [-0.2, -0.15) is 0 Å². The number of anilines is 1. The molecule has 0 unspecified atom stereocenters. The van der Waals surface area contributed by atoms with Crippen LogP contribution in [0.25, 0.3) is 0 Å². The van der Waals surface area contributed by atoms with Crippen LogP contribution in [0.2, 0.25) is 0 Å². The van der Waals surface area contributed by atoms with Gasteiger partial charge in [-0.15, -0.1) is 11.8 Å². The molecule has 0 radical (unpaired) electrons. The Hall–Kier alpha value is -1.83. The van der Waals surface area contributed by atoms with Crippen molar-refractivity contribution >= 4 is 33.4 Å². The average Bonchev–Trinajstić information content (AvgIpc) is 3.06. The van der Waals surface area contributed by atoms with Gasteiger partial charge in [0, 0.05) is 32.1 Å². The molecule has 0 aromatic heterocycles. The zero-order valence-corrected chi connectivity index (χ0v) is 17.4. The zero-order valence-electron chi connectivity index (χ0n) is 15.8. The molecule has 1 heterocycles. The molecule has 0 bridgehead atoms. The van der Waals surface area contributed by atoms with Crippen LogP contribution >= 0.6 is 11.8 Å². The van der Waals surface area contributed by atoms with Crippen LogP contribution in [0, 0.1) is 6.92 Å². The van der Waals surface area contributed by atoms with E-state index < -0.39 is 10.0 Å². The molecular formula is C20H24N2O3S2. The number of sulfonamides is 1. The van der Waals surface area contributed by atoms with Crippen molar-refractivity contribution < 1.29 is 13.2 Å². The Balaban J connectivity index is 1.67. The lowest BCUT2D eigenvalue weighted by Crippen LogP contribution is -2.30. The van der Waals surface area contributed by atoms with Crippen LogP contribution in [0.15, 0.2) is 47.4 Å². The predicted octanol–water partition coefficient (Wildman–Crippen LogP) is 3.07. The van der Waals surface area contributed by atoms with Crippen molar-refractivity contribution in [1.82, 2.24) is 4.31 Å². The van der Waals surface area contributed by atoms with Gasteiger partial charge in [0.25, 0.3) is 0 Å². The fourth-order valence-corrected chi connectivity index (χ4v) is 5.04. The molecular weight excluding hydrogens is 380 g/mol. The third kappa shape index (κ3) is 4.20. The smallest absolute Gasteiger partial charge is 0.242 e. The van der Waals surface area contributed by atoms with Gasteiger partial charge in [0.1, 0.15) is 0 Å². The van der Waals surface area contributed by atoms with Crippen LogP contribution in [0.3, 0.4) is 0 Å². The van der Waals surface area contributed by atoms with Crippen molar-refractivity contribution in [2.75, 3.05) is 31.3 Å². The standard InChI is InChI=1S/C20H24N2O3S2/c1-15-6-4-5-7-17(15)13-26-14-20(23)22-11-10-16-12-18(8-9-19(16)22)27(24,25)21(2)3/h4-9,12H,10-11,13-14H2,1-3H3. The number of benzene rings is 2. The second-order valence-corrected chi connectivity index (χ2v) is 9.93. The lowest BCUT2D eigenvalue weighted by atomic mass is 10.1. The van der Waals surface area contributed by atoms with Crippen LogP contribution in [-0.2, 0) is 27.0 Å². The molecule has 0 atom stereocenters. The molecule has 0 aliphatic carbocycles. The first-order valence-corrected chi connectivity index (χ1v) is 11.4. The largest absolute Gasteiger partial charge is 0.311 e. The lowest BCUT2D eigenvalue weighted by molar-refractivity contribution is -0.116. The number of thioether (sulfide) groups is 1. The van der Waals surface area contributed by atoms with Crippen LogP contribution in [-0.4, -0.2) is 45.0 Å². The van der Waals surface area contributed by atoms with E-state index in [1.165, 1.54) is 29.5 Å². The van der Waals surface area contributed by atoms with Gasteiger partial charge in [-0.25, -0.2) is 12.7 Å². The Labute approximate surface area is 165 Å². The number of carbonyl (C=O) groups excluding carboxylic acids is 1. The minimum atomic E-state index is -3.46. The minimum Gasteiger partial charge on any atom is -0.311 e. The highest BCUT2D eigenvalue weighted by Crippen LogP contribution is 2.31. The third-order valence-corrected chi connectivity index (χ3v) is 7.55. The van der Waals surface area contributed by atoms with Gasteiger partial charge in [-0.05, 0) is 48.2 Å². The third-order valence-electron chi connectivity index (χ3n) is 4.77. The SMILES string of the molecule is Cc1ccccc1CSCC(=O)N1CCc2cc(S(=O)(=O)N(C)C)ccc21. The molecule has 0 fully saturated rings. The van der Waals surface area contributed by atoms with Crippen molar-refractivity contribution in [2.24, 2.45) is 0 Å². The van der Waals surface area contributed by atoms with Gasteiger partial charge in [0.15, 0.2) is 0 Å². The monoisotopic (exact) mass is 404 g/mol. The number of fused-ring (bicyclic) bond motifs is 1. The van der Waals surface area contributed by atoms with E-state index in [0.717, 1.165) is 17.0 Å². The van der Waals surface area contributed by atoms with Crippen LogP contribution < -0.4 is 4.90 Å². The van der Waals surface area contributed by atoms with E-state index in [9.17, 15) is 13.2 Å². The van der Waals surface area contributed by atoms with E-state index in [1.807, 2.05) is 12.1 Å². The number of aryl methyl sites for hydroxylation is 1. The van der Waals surface area contributed by atoms with Crippen molar-refractivity contribution in [1.29, 1.82) is 0 Å². The molecule has 3 rings (SSSR count). The molecule has 1 aliphatic heterocycles. The number of amides is 1. The van der Waals surface area contributed by atoms with Crippen molar-refractivity contribution in [2.45, 2.75) is 24.0 Å². The van der Waals surface area contributed by atoms with Gasteiger partial charge in [0.2, 0.25) is 15.9 Å². The molecule has 144 valence electrons. The first-order valence-electron chi connectivity index (χ1n) is 8.79. The summed E-state index contributed by atoms with van der Waals surface area (Å²) in [5.74, 6) is 1.28. The van der Waals surface area contributed by atoms with Crippen molar-refractivity contribution in [3.8, 4) is 0 Å². The molecule has 7 heteroatoms. The van der Waals surface area contributed by atoms with Gasteiger partial charge in [-0.1, -0.05) is 24.3 Å². The summed E-state index contributed by atoms with van der Waals surface area (Å²) in [5.41, 5.74) is 4.22. The number of rotatable bonds is 6. The van der Waals surface area contributed by atoms with Crippen LogP contribution in [0.5, 0.6) is 0 Å². The first kappa shape index (κ1) is 19.9.